The van der Waals surface area contributed by atoms with Crippen LogP contribution in [0.15, 0.2) is 0 Å². The minimum absolute atomic E-state index is 0.304. The molecule has 5 fully saturated rings. The Labute approximate surface area is 178 Å². The van der Waals surface area contributed by atoms with Crippen LogP contribution in [0.25, 0.3) is 0 Å². The van der Waals surface area contributed by atoms with E-state index in [2.05, 4.69) is 0 Å². The van der Waals surface area contributed by atoms with Crippen LogP contribution < -0.4 is 0 Å². The molecule has 5 rings (SSSR count). The highest BCUT2D eigenvalue weighted by Gasteiger charge is 2.39. The quantitative estimate of drug-likeness (QED) is 0.335. The lowest BCUT2D eigenvalue weighted by atomic mass is 9.69. The van der Waals surface area contributed by atoms with Gasteiger partial charge in [-0.2, -0.15) is 0 Å². The topological polar surface area (TPSA) is 87.0 Å². The molecule has 30 heavy (non-hydrogen) atoms. The standard InChI is InChI=1S/C22H36O8/c1-15(3-23-7-19-11-27-19)17(5-25-9-21-13-29-21)2-18(6-26-10-22-14-30-22)16(1)4-24-8-20-12-28-20/h15-22H,1-14H2. The van der Waals surface area contributed by atoms with Crippen molar-refractivity contribution >= 4 is 0 Å². The molecule has 1 aliphatic carbocycles. The minimum Gasteiger partial charge on any atom is -0.378 e. The first-order valence-electron chi connectivity index (χ1n) is 11.6. The van der Waals surface area contributed by atoms with Gasteiger partial charge in [-0.25, -0.2) is 0 Å². The van der Waals surface area contributed by atoms with Gasteiger partial charge < -0.3 is 37.9 Å². The Morgan fingerprint density at radius 3 is 0.833 bits per heavy atom. The molecule has 8 heteroatoms. The maximum atomic E-state index is 6.01. The minimum atomic E-state index is 0.304. The molecule has 172 valence electrons. The van der Waals surface area contributed by atoms with Gasteiger partial charge in [0.1, 0.15) is 24.4 Å². The molecule has 4 saturated heterocycles. The molecule has 0 aromatic heterocycles. The van der Waals surface area contributed by atoms with Crippen molar-refractivity contribution < 1.29 is 37.9 Å². The predicted octanol–water partition coefficient (Wildman–Crippen LogP) is 0.907. The van der Waals surface area contributed by atoms with Gasteiger partial charge in [-0.1, -0.05) is 0 Å². The number of ether oxygens (including phenoxy) is 8. The van der Waals surface area contributed by atoms with E-state index in [4.69, 9.17) is 37.9 Å². The summed E-state index contributed by atoms with van der Waals surface area (Å²) in [7, 11) is 0. The molecular weight excluding hydrogens is 392 g/mol. The molecule has 0 spiro atoms. The van der Waals surface area contributed by atoms with Gasteiger partial charge >= 0.3 is 0 Å². The molecule has 4 aliphatic heterocycles. The SMILES string of the molecule is C(OCC1CC(COCC2CO2)C(COCC2CO2)CC1COCC1CO1)C1CO1. The van der Waals surface area contributed by atoms with Gasteiger partial charge in [0.2, 0.25) is 0 Å². The lowest BCUT2D eigenvalue weighted by Gasteiger charge is -2.41. The molecule has 0 aromatic rings. The second-order valence-corrected chi connectivity index (χ2v) is 9.48. The Morgan fingerprint density at radius 2 is 0.633 bits per heavy atom. The second-order valence-electron chi connectivity index (χ2n) is 9.48. The molecule has 1 saturated carbocycles. The van der Waals surface area contributed by atoms with Crippen molar-refractivity contribution in [2.45, 2.75) is 37.3 Å². The first-order chi connectivity index (χ1) is 14.8. The summed E-state index contributed by atoms with van der Waals surface area (Å²) in [5.41, 5.74) is 0. The van der Waals surface area contributed by atoms with E-state index in [1.807, 2.05) is 0 Å². The Hall–Kier alpha value is -0.320. The number of epoxide rings is 4. The van der Waals surface area contributed by atoms with Crippen molar-refractivity contribution in [2.24, 2.45) is 23.7 Å². The van der Waals surface area contributed by atoms with Crippen molar-refractivity contribution in [2.75, 3.05) is 79.3 Å². The van der Waals surface area contributed by atoms with Crippen molar-refractivity contribution in [1.82, 2.24) is 0 Å². The molecular formula is C22H36O8. The third kappa shape index (κ3) is 7.38. The van der Waals surface area contributed by atoms with Gasteiger partial charge in [0.15, 0.2) is 0 Å². The Morgan fingerprint density at radius 1 is 0.400 bits per heavy atom. The van der Waals surface area contributed by atoms with Crippen molar-refractivity contribution in [3.05, 3.63) is 0 Å². The summed E-state index contributed by atoms with van der Waals surface area (Å²) in [6, 6.07) is 0. The van der Waals surface area contributed by atoms with Gasteiger partial charge in [0.05, 0.1) is 52.9 Å². The zero-order valence-corrected chi connectivity index (χ0v) is 17.8. The van der Waals surface area contributed by atoms with Crippen LogP contribution in [0.1, 0.15) is 12.8 Å². The smallest absolute Gasteiger partial charge is 0.104 e. The van der Waals surface area contributed by atoms with Crippen LogP contribution in [0.3, 0.4) is 0 Å². The van der Waals surface area contributed by atoms with E-state index in [9.17, 15) is 0 Å². The molecule has 8 nitrogen and oxygen atoms in total. The highest BCUT2D eigenvalue weighted by molar-refractivity contribution is 4.87. The Bertz CT molecular complexity index is 427. The normalized spacial score (nSPS) is 41.6. The zero-order chi connectivity index (χ0) is 20.2. The molecule has 8 unspecified atom stereocenters. The number of hydrogen-bond acceptors (Lipinski definition) is 8. The monoisotopic (exact) mass is 428 g/mol. The summed E-state index contributed by atoms with van der Waals surface area (Å²) in [5, 5.41) is 0. The molecule has 5 aliphatic rings. The molecule has 0 amide bonds. The summed E-state index contributed by atoms with van der Waals surface area (Å²) < 4.78 is 45.2. The maximum Gasteiger partial charge on any atom is 0.104 e. The molecule has 4 heterocycles. The van der Waals surface area contributed by atoms with Crippen molar-refractivity contribution in [3.63, 3.8) is 0 Å². The van der Waals surface area contributed by atoms with Gasteiger partial charge in [-0.3, -0.25) is 0 Å². The van der Waals surface area contributed by atoms with E-state index >= 15 is 0 Å². The van der Waals surface area contributed by atoms with Crippen molar-refractivity contribution in [1.29, 1.82) is 0 Å². The average Bonchev–Trinajstić information content (AvgIpc) is 3.56. The highest BCUT2D eigenvalue weighted by atomic mass is 16.6. The van der Waals surface area contributed by atoms with Crippen LogP contribution in [0.5, 0.6) is 0 Å². The molecule has 8 atom stereocenters. The van der Waals surface area contributed by atoms with Crippen LogP contribution in [0.2, 0.25) is 0 Å². The lowest BCUT2D eigenvalue weighted by molar-refractivity contribution is -0.0592. The molecule has 0 N–H and O–H groups in total. The number of hydrogen-bond donors (Lipinski definition) is 0. The maximum absolute atomic E-state index is 6.01. The van der Waals surface area contributed by atoms with E-state index in [0.29, 0.717) is 74.5 Å². The average molecular weight is 429 g/mol. The summed E-state index contributed by atoms with van der Waals surface area (Å²) in [4.78, 5) is 0. The summed E-state index contributed by atoms with van der Waals surface area (Å²) in [5.74, 6) is 1.88. The fourth-order valence-corrected chi connectivity index (χ4v) is 4.42. The molecule has 0 aromatic carbocycles. The van der Waals surface area contributed by atoms with Crippen LogP contribution in [0, 0.1) is 23.7 Å². The largest absolute Gasteiger partial charge is 0.378 e. The summed E-state index contributed by atoms with van der Waals surface area (Å²) in [6.45, 7) is 9.21. The van der Waals surface area contributed by atoms with E-state index < -0.39 is 0 Å². The van der Waals surface area contributed by atoms with Gasteiger partial charge in [-0.15, -0.1) is 0 Å². The molecule has 0 bridgehead atoms. The van der Waals surface area contributed by atoms with Crippen LogP contribution in [-0.4, -0.2) is 104 Å². The summed E-state index contributed by atoms with van der Waals surface area (Å²) in [6.07, 6.45) is 3.38. The van der Waals surface area contributed by atoms with E-state index in [1.54, 1.807) is 0 Å². The second kappa shape index (κ2) is 10.5. The first kappa shape index (κ1) is 21.5. The highest BCUT2D eigenvalue weighted by Crippen LogP contribution is 2.39. The Balaban J connectivity index is 1.14. The Kier molecular flexibility index (Phi) is 7.55. The summed E-state index contributed by atoms with van der Waals surface area (Å²) >= 11 is 0. The van der Waals surface area contributed by atoms with E-state index in [0.717, 1.165) is 65.7 Å². The molecule has 0 radical (unpaired) electrons. The third-order valence-electron chi connectivity index (χ3n) is 6.70. The van der Waals surface area contributed by atoms with Crippen LogP contribution >= 0.6 is 0 Å². The van der Waals surface area contributed by atoms with Crippen molar-refractivity contribution in [3.8, 4) is 0 Å². The van der Waals surface area contributed by atoms with E-state index in [1.165, 1.54) is 0 Å². The van der Waals surface area contributed by atoms with Gasteiger partial charge in [0, 0.05) is 26.4 Å². The third-order valence-corrected chi connectivity index (χ3v) is 6.70. The van der Waals surface area contributed by atoms with Crippen LogP contribution in [-0.2, 0) is 37.9 Å². The van der Waals surface area contributed by atoms with Crippen LogP contribution in [0.4, 0.5) is 0 Å². The number of rotatable bonds is 16. The van der Waals surface area contributed by atoms with Gasteiger partial charge in [0.25, 0.3) is 0 Å². The fraction of sp³-hybridized carbons (Fsp3) is 1.00. The fourth-order valence-electron chi connectivity index (χ4n) is 4.42. The first-order valence-corrected chi connectivity index (χ1v) is 11.6. The van der Waals surface area contributed by atoms with E-state index in [-0.39, 0.29) is 0 Å². The predicted molar refractivity (Wildman–Crippen MR) is 105 cm³/mol. The zero-order valence-electron chi connectivity index (χ0n) is 17.8. The lowest BCUT2D eigenvalue weighted by Crippen LogP contribution is -2.40. The van der Waals surface area contributed by atoms with Gasteiger partial charge in [-0.05, 0) is 36.5 Å².